The summed E-state index contributed by atoms with van der Waals surface area (Å²) >= 11 is 0. The first-order chi connectivity index (χ1) is 15.3. The van der Waals surface area contributed by atoms with Crippen molar-refractivity contribution >= 4 is 10.8 Å². The molecule has 0 aromatic heterocycles. The van der Waals surface area contributed by atoms with Crippen LogP contribution in [0.5, 0.6) is 17.2 Å². The first-order valence-corrected chi connectivity index (χ1v) is 10.7. The fourth-order valence-electron chi connectivity index (χ4n) is 4.06. The number of aliphatic hydroxyl groups excluding tert-OH is 1. The van der Waals surface area contributed by atoms with Crippen LogP contribution in [0.25, 0.3) is 21.9 Å². The third kappa shape index (κ3) is 5.11. The van der Waals surface area contributed by atoms with Crippen molar-refractivity contribution in [1.82, 2.24) is 4.90 Å². The number of fused-ring (bicyclic) bond motifs is 1. The number of phenolic OH excluding ortho intramolecular Hbond substituents is 1. The number of aliphatic hydroxyl groups is 1. The first kappa shape index (κ1) is 22.3. The Hall–Kier alpha value is -2.90. The lowest BCUT2D eigenvalue weighted by molar-refractivity contribution is -0.0628. The van der Waals surface area contributed by atoms with Gasteiger partial charge in [-0.2, -0.15) is 0 Å². The van der Waals surface area contributed by atoms with Crippen molar-refractivity contribution in [3.8, 4) is 28.4 Å². The standard InChI is InChI=1S/C25H27F2NO4/c1-31-24-13-18(6-7-23(24)30)22-14-20(12-17-4-2-3-5-21(17)22)32-16-19(29)15-28-10-8-25(26,27)9-11-28/h2-7,12-14,19,29-30H,8-11,15-16H2,1H3. The van der Waals surface area contributed by atoms with Gasteiger partial charge in [0, 0.05) is 32.5 Å². The lowest BCUT2D eigenvalue weighted by atomic mass is 9.97. The Bertz CT molecular complexity index is 1080. The molecule has 1 saturated heterocycles. The van der Waals surface area contributed by atoms with Crippen LogP contribution in [0.4, 0.5) is 8.78 Å². The second-order valence-electron chi connectivity index (χ2n) is 8.20. The number of hydrogen-bond acceptors (Lipinski definition) is 5. The smallest absolute Gasteiger partial charge is 0.250 e. The van der Waals surface area contributed by atoms with E-state index in [1.165, 1.54) is 7.11 Å². The molecule has 4 rings (SSSR count). The van der Waals surface area contributed by atoms with Crippen LogP contribution in [0, 0.1) is 0 Å². The normalized spacial score (nSPS) is 17.2. The largest absolute Gasteiger partial charge is 0.504 e. The minimum absolute atomic E-state index is 0.0591. The predicted octanol–water partition coefficient (Wildman–Crippen LogP) is 4.69. The number of methoxy groups -OCH3 is 1. The number of ether oxygens (including phenoxy) is 2. The van der Waals surface area contributed by atoms with E-state index < -0.39 is 12.0 Å². The number of β-amino-alcohol motifs (C(OH)–C–C–N with tert-alkyl or cyclic N) is 1. The van der Waals surface area contributed by atoms with Gasteiger partial charge in [0.25, 0.3) is 5.92 Å². The summed E-state index contributed by atoms with van der Waals surface area (Å²) in [7, 11) is 1.50. The Kier molecular flexibility index (Phi) is 6.48. The minimum Gasteiger partial charge on any atom is -0.504 e. The van der Waals surface area contributed by atoms with Gasteiger partial charge >= 0.3 is 0 Å². The molecule has 2 N–H and O–H groups in total. The van der Waals surface area contributed by atoms with Gasteiger partial charge < -0.3 is 24.6 Å². The van der Waals surface area contributed by atoms with Crippen molar-refractivity contribution in [2.24, 2.45) is 0 Å². The van der Waals surface area contributed by atoms with E-state index in [1.54, 1.807) is 12.1 Å². The zero-order valence-electron chi connectivity index (χ0n) is 17.9. The molecular formula is C25H27F2NO4. The molecule has 1 unspecified atom stereocenters. The minimum atomic E-state index is -2.60. The molecule has 0 bridgehead atoms. The van der Waals surface area contributed by atoms with Crippen molar-refractivity contribution in [3.05, 3.63) is 54.6 Å². The summed E-state index contributed by atoms with van der Waals surface area (Å²) in [6.45, 7) is 0.898. The summed E-state index contributed by atoms with van der Waals surface area (Å²) < 4.78 is 37.8. The highest BCUT2D eigenvalue weighted by molar-refractivity contribution is 5.98. The first-order valence-electron chi connectivity index (χ1n) is 10.7. The maximum Gasteiger partial charge on any atom is 0.250 e. The zero-order chi connectivity index (χ0) is 22.7. The maximum atomic E-state index is 13.3. The van der Waals surface area contributed by atoms with Gasteiger partial charge in [0.1, 0.15) is 18.5 Å². The number of piperidine rings is 1. The Labute approximate surface area is 185 Å². The van der Waals surface area contributed by atoms with E-state index in [0.717, 1.165) is 21.9 Å². The number of aromatic hydroxyl groups is 1. The topological polar surface area (TPSA) is 62.2 Å². The fraction of sp³-hybridized carbons (Fsp3) is 0.360. The van der Waals surface area contributed by atoms with Gasteiger partial charge in [-0.1, -0.05) is 30.3 Å². The van der Waals surface area contributed by atoms with Crippen LogP contribution in [0.2, 0.25) is 0 Å². The van der Waals surface area contributed by atoms with Gasteiger partial charge in [-0.15, -0.1) is 0 Å². The highest BCUT2D eigenvalue weighted by atomic mass is 19.3. The Morgan fingerprint density at radius 3 is 2.56 bits per heavy atom. The van der Waals surface area contributed by atoms with Gasteiger partial charge in [-0.3, -0.25) is 0 Å². The summed E-state index contributed by atoms with van der Waals surface area (Å²) in [5, 5.41) is 22.3. The lowest BCUT2D eigenvalue weighted by Crippen LogP contribution is -2.44. The van der Waals surface area contributed by atoms with Crippen LogP contribution in [0.3, 0.4) is 0 Å². The Balaban J connectivity index is 1.51. The van der Waals surface area contributed by atoms with Crippen molar-refractivity contribution in [2.45, 2.75) is 24.9 Å². The highest BCUT2D eigenvalue weighted by Gasteiger charge is 2.34. The van der Waals surface area contributed by atoms with E-state index in [9.17, 15) is 19.0 Å². The van der Waals surface area contributed by atoms with E-state index in [4.69, 9.17) is 9.47 Å². The molecule has 0 spiro atoms. The second-order valence-corrected chi connectivity index (χ2v) is 8.20. The predicted molar refractivity (Wildman–Crippen MR) is 120 cm³/mol. The molecule has 1 aliphatic rings. The summed E-state index contributed by atoms with van der Waals surface area (Å²) in [6.07, 6.45) is -1.14. The third-order valence-corrected chi connectivity index (χ3v) is 5.82. The zero-order valence-corrected chi connectivity index (χ0v) is 17.9. The van der Waals surface area contributed by atoms with Gasteiger partial charge in [0.2, 0.25) is 0 Å². The van der Waals surface area contributed by atoms with Crippen molar-refractivity contribution in [2.75, 3.05) is 33.4 Å². The Morgan fingerprint density at radius 2 is 1.81 bits per heavy atom. The maximum absolute atomic E-state index is 13.3. The van der Waals surface area contributed by atoms with Gasteiger partial charge in [-0.25, -0.2) is 8.78 Å². The van der Waals surface area contributed by atoms with Crippen molar-refractivity contribution in [3.63, 3.8) is 0 Å². The quantitative estimate of drug-likeness (QED) is 0.555. The molecule has 1 fully saturated rings. The molecule has 1 heterocycles. The summed E-state index contributed by atoms with van der Waals surface area (Å²) in [4.78, 5) is 1.85. The molecule has 1 aliphatic heterocycles. The van der Waals surface area contributed by atoms with Crippen LogP contribution in [0.1, 0.15) is 12.8 Å². The number of benzene rings is 3. The van der Waals surface area contributed by atoms with Crippen molar-refractivity contribution in [1.29, 1.82) is 0 Å². The van der Waals surface area contributed by atoms with E-state index in [-0.39, 0.29) is 38.3 Å². The Morgan fingerprint density at radius 1 is 1.06 bits per heavy atom. The molecule has 0 aliphatic carbocycles. The number of likely N-dealkylation sites (tertiary alicyclic amines) is 1. The van der Waals surface area contributed by atoms with Gasteiger partial charge in [-0.05, 0) is 46.2 Å². The van der Waals surface area contributed by atoms with Crippen LogP contribution < -0.4 is 9.47 Å². The van der Waals surface area contributed by atoms with E-state index in [0.29, 0.717) is 18.0 Å². The van der Waals surface area contributed by atoms with Crippen LogP contribution in [0.15, 0.2) is 54.6 Å². The molecule has 1 atom stereocenters. The van der Waals surface area contributed by atoms with Crippen LogP contribution in [-0.4, -0.2) is 60.5 Å². The van der Waals surface area contributed by atoms with Gasteiger partial charge in [0.15, 0.2) is 11.5 Å². The highest BCUT2D eigenvalue weighted by Crippen LogP contribution is 2.37. The molecule has 5 nitrogen and oxygen atoms in total. The molecule has 32 heavy (non-hydrogen) atoms. The second kappa shape index (κ2) is 9.30. The van der Waals surface area contributed by atoms with E-state index >= 15 is 0 Å². The average molecular weight is 443 g/mol. The molecule has 0 saturated carbocycles. The monoisotopic (exact) mass is 443 g/mol. The SMILES string of the molecule is COc1cc(-c2cc(OCC(O)CN3CCC(F)(F)CC3)cc3ccccc23)ccc1O. The van der Waals surface area contributed by atoms with E-state index in [1.807, 2.05) is 47.4 Å². The average Bonchev–Trinajstić information content (AvgIpc) is 2.79. The van der Waals surface area contributed by atoms with E-state index in [2.05, 4.69) is 0 Å². The van der Waals surface area contributed by atoms with Crippen LogP contribution >= 0.6 is 0 Å². The lowest BCUT2D eigenvalue weighted by Gasteiger charge is -2.32. The van der Waals surface area contributed by atoms with Crippen LogP contribution in [-0.2, 0) is 0 Å². The number of rotatable bonds is 7. The molecule has 170 valence electrons. The molecule has 0 radical (unpaired) electrons. The number of hydrogen-bond donors (Lipinski definition) is 2. The number of nitrogens with zero attached hydrogens (tertiary/aromatic N) is 1. The fourth-order valence-corrected chi connectivity index (χ4v) is 4.06. The summed E-state index contributed by atoms with van der Waals surface area (Å²) in [6, 6.07) is 16.8. The summed E-state index contributed by atoms with van der Waals surface area (Å²) in [5.74, 6) is -1.57. The number of alkyl halides is 2. The molecule has 0 amide bonds. The van der Waals surface area contributed by atoms with Crippen molar-refractivity contribution < 1.29 is 28.5 Å². The summed E-state index contributed by atoms with van der Waals surface area (Å²) in [5.41, 5.74) is 1.76. The molecule has 7 heteroatoms. The van der Waals surface area contributed by atoms with Gasteiger partial charge in [0.05, 0.1) is 7.11 Å². The number of halogens is 2. The molecular weight excluding hydrogens is 416 g/mol. The third-order valence-electron chi connectivity index (χ3n) is 5.82. The molecule has 3 aromatic carbocycles. The number of phenols is 1. The molecule has 3 aromatic rings.